The fourth-order valence-corrected chi connectivity index (χ4v) is 1.77. The van der Waals surface area contributed by atoms with Crippen molar-refractivity contribution in [1.82, 2.24) is 10.2 Å². The van der Waals surface area contributed by atoms with Gasteiger partial charge in [0.25, 0.3) is 0 Å². The van der Waals surface area contributed by atoms with Gasteiger partial charge in [-0.1, -0.05) is 0 Å². The molecule has 0 radical (unpaired) electrons. The summed E-state index contributed by atoms with van der Waals surface area (Å²) in [7, 11) is 3.25. The second-order valence-corrected chi connectivity index (χ2v) is 6.50. The summed E-state index contributed by atoms with van der Waals surface area (Å²) in [6, 6.07) is 6.59. The van der Waals surface area contributed by atoms with Gasteiger partial charge >= 0.3 is 12.1 Å². The highest BCUT2D eigenvalue weighted by molar-refractivity contribution is 5.89. The standard InChI is InChI=1S/C17H27N3O4/c1-12(11-18-16(22)24-17(2,3)4)20(5)15(21)19-13-7-9-14(23-6)10-8-13/h7-10,12H,11H2,1-6H3,(H,18,22)(H,19,21)/t12-/m1/s1. The molecule has 1 aromatic rings. The van der Waals surface area contributed by atoms with Gasteiger partial charge in [0.15, 0.2) is 0 Å². The van der Waals surface area contributed by atoms with Crippen molar-refractivity contribution in [3.8, 4) is 5.75 Å². The second kappa shape index (κ2) is 8.42. The zero-order valence-corrected chi connectivity index (χ0v) is 15.2. The summed E-state index contributed by atoms with van der Waals surface area (Å²) in [4.78, 5) is 25.4. The van der Waals surface area contributed by atoms with Crippen LogP contribution in [0.2, 0.25) is 0 Å². The lowest BCUT2D eigenvalue weighted by Crippen LogP contribution is -2.45. The summed E-state index contributed by atoms with van der Waals surface area (Å²) >= 11 is 0. The number of hydrogen-bond donors (Lipinski definition) is 2. The van der Waals surface area contributed by atoms with E-state index in [0.29, 0.717) is 12.2 Å². The van der Waals surface area contributed by atoms with Gasteiger partial charge in [0.1, 0.15) is 11.4 Å². The highest BCUT2D eigenvalue weighted by atomic mass is 16.6. The summed E-state index contributed by atoms with van der Waals surface area (Å²) in [5.41, 5.74) is 0.116. The molecule has 0 spiro atoms. The summed E-state index contributed by atoms with van der Waals surface area (Å²) in [6.45, 7) is 7.52. The molecule has 0 aliphatic rings. The monoisotopic (exact) mass is 337 g/mol. The van der Waals surface area contributed by atoms with E-state index in [9.17, 15) is 9.59 Å². The number of nitrogens with one attached hydrogen (secondary N) is 2. The van der Waals surface area contributed by atoms with Gasteiger partial charge in [0.05, 0.1) is 7.11 Å². The maximum atomic E-state index is 12.2. The number of benzene rings is 1. The van der Waals surface area contributed by atoms with Crippen LogP contribution in [-0.2, 0) is 4.74 Å². The number of carbonyl (C=O) groups is 2. The van der Waals surface area contributed by atoms with Crippen LogP contribution in [0.1, 0.15) is 27.7 Å². The number of nitrogens with zero attached hydrogens (tertiary/aromatic N) is 1. The SMILES string of the molecule is COc1ccc(NC(=O)N(C)[C@H](C)CNC(=O)OC(C)(C)C)cc1. The number of hydrogen-bond acceptors (Lipinski definition) is 4. The van der Waals surface area contributed by atoms with Crippen molar-refractivity contribution in [2.24, 2.45) is 0 Å². The van der Waals surface area contributed by atoms with Crippen molar-refractivity contribution in [2.75, 3.05) is 26.0 Å². The number of rotatable bonds is 5. The van der Waals surface area contributed by atoms with E-state index in [4.69, 9.17) is 9.47 Å². The quantitative estimate of drug-likeness (QED) is 0.865. The molecule has 0 saturated heterocycles. The molecular formula is C17H27N3O4. The predicted octanol–water partition coefficient (Wildman–Crippen LogP) is 3.07. The Bertz CT molecular complexity index is 552. The molecule has 2 N–H and O–H groups in total. The molecular weight excluding hydrogens is 310 g/mol. The zero-order valence-electron chi connectivity index (χ0n) is 15.2. The van der Waals surface area contributed by atoms with Crippen LogP contribution in [0.25, 0.3) is 0 Å². The van der Waals surface area contributed by atoms with Crippen LogP contribution in [0.4, 0.5) is 15.3 Å². The zero-order chi connectivity index (χ0) is 18.3. The van der Waals surface area contributed by atoms with E-state index >= 15 is 0 Å². The van der Waals surface area contributed by atoms with Crippen LogP contribution < -0.4 is 15.4 Å². The van der Waals surface area contributed by atoms with Gasteiger partial charge < -0.3 is 25.0 Å². The van der Waals surface area contributed by atoms with E-state index in [1.165, 1.54) is 4.90 Å². The molecule has 0 bridgehead atoms. The van der Waals surface area contributed by atoms with Gasteiger partial charge in [-0.05, 0) is 52.0 Å². The number of methoxy groups -OCH3 is 1. The third kappa shape index (κ3) is 6.76. The molecule has 0 fully saturated rings. The van der Waals surface area contributed by atoms with Crippen molar-refractivity contribution in [2.45, 2.75) is 39.3 Å². The first kappa shape index (κ1) is 19.6. The van der Waals surface area contributed by atoms with E-state index in [-0.39, 0.29) is 12.1 Å². The van der Waals surface area contributed by atoms with Gasteiger partial charge in [0, 0.05) is 25.3 Å². The number of likely N-dealkylation sites (N-methyl/N-ethyl adjacent to an activating group) is 1. The second-order valence-electron chi connectivity index (χ2n) is 6.50. The highest BCUT2D eigenvalue weighted by Gasteiger charge is 2.19. The Labute approximate surface area is 143 Å². The fourth-order valence-electron chi connectivity index (χ4n) is 1.77. The third-order valence-electron chi connectivity index (χ3n) is 3.26. The van der Waals surface area contributed by atoms with Crippen LogP contribution in [-0.4, -0.2) is 49.4 Å². The number of amides is 3. The lowest BCUT2D eigenvalue weighted by Gasteiger charge is -2.26. The average Bonchev–Trinajstić information content (AvgIpc) is 2.50. The van der Waals surface area contributed by atoms with Crippen molar-refractivity contribution < 1.29 is 19.1 Å². The molecule has 7 heteroatoms. The number of alkyl carbamates (subject to hydrolysis) is 1. The summed E-state index contributed by atoms with van der Waals surface area (Å²) in [5.74, 6) is 0.719. The van der Waals surface area contributed by atoms with Gasteiger partial charge in [-0.25, -0.2) is 9.59 Å². The molecule has 0 aliphatic carbocycles. The van der Waals surface area contributed by atoms with Crippen LogP contribution in [0.3, 0.4) is 0 Å². The lowest BCUT2D eigenvalue weighted by atomic mass is 10.2. The topological polar surface area (TPSA) is 79.9 Å². The number of anilines is 1. The van der Waals surface area contributed by atoms with Crippen LogP contribution in [0.15, 0.2) is 24.3 Å². The minimum atomic E-state index is -0.551. The number of carbonyl (C=O) groups excluding carboxylic acids is 2. The fraction of sp³-hybridized carbons (Fsp3) is 0.529. The van der Waals surface area contributed by atoms with Crippen molar-refractivity contribution in [3.63, 3.8) is 0 Å². The Morgan fingerprint density at radius 2 is 1.79 bits per heavy atom. The molecule has 24 heavy (non-hydrogen) atoms. The molecule has 0 aliphatic heterocycles. The molecule has 0 unspecified atom stereocenters. The molecule has 1 atom stereocenters. The van der Waals surface area contributed by atoms with E-state index in [2.05, 4.69) is 10.6 Å². The maximum Gasteiger partial charge on any atom is 0.407 e. The Morgan fingerprint density at radius 1 is 1.21 bits per heavy atom. The molecule has 3 amide bonds. The minimum absolute atomic E-state index is 0.198. The molecule has 1 aromatic carbocycles. The Morgan fingerprint density at radius 3 is 2.29 bits per heavy atom. The Hall–Kier alpha value is -2.44. The Balaban J connectivity index is 2.47. The van der Waals surface area contributed by atoms with Gasteiger partial charge in [0.2, 0.25) is 0 Å². The smallest absolute Gasteiger partial charge is 0.407 e. The number of ether oxygens (including phenoxy) is 2. The van der Waals surface area contributed by atoms with E-state index in [1.807, 2.05) is 6.92 Å². The molecule has 0 heterocycles. The van der Waals surface area contributed by atoms with E-state index in [0.717, 1.165) is 5.75 Å². The summed E-state index contributed by atoms with van der Waals surface area (Å²) in [6.07, 6.45) is -0.502. The van der Waals surface area contributed by atoms with Crippen LogP contribution in [0, 0.1) is 0 Å². The third-order valence-corrected chi connectivity index (χ3v) is 3.26. The maximum absolute atomic E-state index is 12.2. The molecule has 1 rings (SSSR count). The normalized spacial score (nSPS) is 12.1. The largest absolute Gasteiger partial charge is 0.497 e. The summed E-state index contributed by atoms with van der Waals surface area (Å²) in [5, 5.41) is 5.44. The van der Waals surface area contributed by atoms with E-state index < -0.39 is 11.7 Å². The Kier molecular flexibility index (Phi) is 6.88. The first-order chi connectivity index (χ1) is 11.1. The van der Waals surface area contributed by atoms with Crippen LogP contribution >= 0.6 is 0 Å². The predicted molar refractivity (Wildman–Crippen MR) is 93.5 cm³/mol. The number of urea groups is 1. The highest BCUT2D eigenvalue weighted by Crippen LogP contribution is 2.15. The van der Waals surface area contributed by atoms with Crippen molar-refractivity contribution in [3.05, 3.63) is 24.3 Å². The molecule has 0 saturated carbocycles. The van der Waals surface area contributed by atoms with Crippen molar-refractivity contribution >= 4 is 17.8 Å². The molecule has 134 valence electrons. The minimum Gasteiger partial charge on any atom is -0.497 e. The van der Waals surface area contributed by atoms with Gasteiger partial charge in [-0.3, -0.25) is 0 Å². The van der Waals surface area contributed by atoms with Gasteiger partial charge in [-0.2, -0.15) is 0 Å². The molecule has 7 nitrogen and oxygen atoms in total. The first-order valence-electron chi connectivity index (χ1n) is 7.77. The van der Waals surface area contributed by atoms with Gasteiger partial charge in [-0.15, -0.1) is 0 Å². The van der Waals surface area contributed by atoms with Crippen LogP contribution in [0.5, 0.6) is 5.75 Å². The van der Waals surface area contributed by atoms with Crippen molar-refractivity contribution in [1.29, 1.82) is 0 Å². The first-order valence-corrected chi connectivity index (χ1v) is 7.77. The average molecular weight is 337 g/mol. The molecule has 0 aromatic heterocycles. The lowest BCUT2D eigenvalue weighted by molar-refractivity contribution is 0.0516. The van der Waals surface area contributed by atoms with E-state index in [1.54, 1.807) is 59.2 Å². The summed E-state index contributed by atoms with van der Waals surface area (Å²) < 4.78 is 10.2.